The molecule has 0 aliphatic heterocycles. The third-order valence-electron chi connectivity index (χ3n) is 6.17. The SMILES string of the molecule is C=CC(=O)OC1CCC(Oc2ccc3cc(-c4ccc(OC)cc4C(F)(F)F)c(=O)oc3c2)C1C(F)(F)F. The Morgan fingerprint density at radius 3 is 2.29 bits per heavy atom. The van der Waals surface area contributed by atoms with Crippen LogP contribution in [0.1, 0.15) is 18.4 Å². The summed E-state index contributed by atoms with van der Waals surface area (Å²) in [6.45, 7) is 3.18. The fourth-order valence-electron chi connectivity index (χ4n) is 4.46. The molecule has 1 fully saturated rings. The summed E-state index contributed by atoms with van der Waals surface area (Å²) in [5, 5.41) is 0.215. The number of rotatable bonds is 6. The number of alkyl halides is 6. The van der Waals surface area contributed by atoms with Crippen LogP contribution in [0.3, 0.4) is 0 Å². The molecule has 1 saturated carbocycles. The molecule has 1 aliphatic carbocycles. The molecule has 3 unspecified atom stereocenters. The highest BCUT2D eigenvalue weighted by molar-refractivity contribution is 5.84. The van der Waals surface area contributed by atoms with E-state index >= 15 is 0 Å². The average molecular weight is 542 g/mol. The number of halogens is 6. The first-order valence-corrected chi connectivity index (χ1v) is 11.2. The second-order valence-corrected chi connectivity index (χ2v) is 8.54. The molecule has 3 aromatic rings. The number of ether oxygens (including phenoxy) is 3. The van der Waals surface area contributed by atoms with Crippen molar-refractivity contribution in [3.63, 3.8) is 0 Å². The van der Waals surface area contributed by atoms with E-state index in [0.717, 1.165) is 18.2 Å². The van der Waals surface area contributed by atoms with Crippen molar-refractivity contribution in [3.05, 3.63) is 71.1 Å². The summed E-state index contributed by atoms with van der Waals surface area (Å²) in [7, 11) is 1.20. The number of benzene rings is 2. The lowest BCUT2D eigenvalue weighted by atomic mass is 9.99. The quantitative estimate of drug-likeness (QED) is 0.157. The molecule has 1 aromatic heterocycles. The van der Waals surface area contributed by atoms with Crippen LogP contribution in [-0.2, 0) is 15.7 Å². The summed E-state index contributed by atoms with van der Waals surface area (Å²) < 4.78 is 103. The van der Waals surface area contributed by atoms with Crippen molar-refractivity contribution in [2.75, 3.05) is 7.11 Å². The van der Waals surface area contributed by atoms with E-state index in [9.17, 15) is 35.9 Å². The lowest BCUT2D eigenvalue weighted by Crippen LogP contribution is -2.41. The third-order valence-corrected chi connectivity index (χ3v) is 6.17. The molecular formula is C26H20F6O6. The molecule has 1 aliphatic rings. The van der Waals surface area contributed by atoms with E-state index in [4.69, 9.17) is 18.6 Å². The fourth-order valence-corrected chi connectivity index (χ4v) is 4.46. The van der Waals surface area contributed by atoms with Gasteiger partial charge in [-0.1, -0.05) is 6.58 Å². The van der Waals surface area contributed by atoms with Gasteiger partial charge < -0.3 is 18.6 Å². The highest BCUT2D eigenvalue weighted by Gasteiger charge is 2.55. The Bertz CT molecular complexity index is 1420. The lowest BCUT2D eigenvalue weighted by Gasteiger charge is -2.27. The van der Waals surface area contributed by atoms with Crippen molar-refractivity contribution in [2.45, 2.75) is 37.4 Å². The zero-order valence-corrected chi connectivity index (χ0v) is 19.7. The van der Waals surface area contributed by atoms with Gasteiger partial charge in [0.15, 0.2) is 0 Å². The Morgan fingerprint density at radius 2 is 1.66 bits per heavy atom. The van der Waals surface area contributed by atoms with Crippen molar-refractivity contribution < 1.29 is 49.8 Å². The van der Waals surface area contributed by atoms with Crippen LogP contribution >= 0.6 is 0 Å². The van der Waals surface area contributed by atoms with Crippen LogP contribution in [0.4, 0.5) is 26.3 Å². The van der Waals surface area contributed by atoms with Crippen molar-refractivity contribution in [2.24, 2.45) is 5.92 Å². The van der Waals surface area contributed by atoms with Crippen LogP contribution in [0.25, 0.3) is 22.1 Å². The first-order chi connectivity index (χ1) is 17.8. The van der Waals surface area contributed by atoms with Gasteiger partial charge in [0.2, 0.25) is 0 Å². The second kappa shape index (κ2) is 10.1. The highest BCUT2D eigenvalue weighted by atomic mass is 19.4. The molecule has 0 saturated heterocycles. The van der Waals surface area contributed by atoms with E-state index in [1.165, 1.54) is 37.4 Å². The zero-order chi connectivity index (χ0) is 27.8. The maximum atomic E-state index is 13.7. The number of hydrogen-bond donors (Lipinski definition) is 0. The molecule has 0 bridgehead atoms. The second-order valence-electron chi connectivity index (χ2n) is 8.54. The van der Waals surface area contributed by atoms with Crippen LogP contribution in [0.15, 0.2) is 64.3 Å². The average Bonchev–Trinajstić information content (AvgIpc) is 3.24. The molecule has 12 heteroatoms. The summed E-state index contributed by atoms with van der Waals surface area (Å²) in [4.78, 5) is 24.1. The van der Waals surface area contributed by atoms with Gasteiger partial charge in [-0.05, 0) is 49.2 Å². The monoisotopic (exact) mass is 542 g/mol. The van der Waals surface area contributed by atoms with E-state index in [-0.39, 0.29) is 40.9 Å². The minimum Gasteiger partial charge on any atom is -0.497 e. The Balaban J connectivity index is 1.66. The van der Waals surface area contributed by atoms with Crippen molar-refractivity contribution >= 4 is 16.9 Å². The fraction of sp³-hybridized carbons (Fsp3) is 0.308. The maximum Gasteiger partial charge on any atom is 0.417 e. The van der Waals surface area contributed by atoms with Gasteiger partial charge in [0, 0.05) is 23.1 Å². The molecule has 0 radical (unpaired) electrons. The van der Waals surface area contributed by atoms with E-state index in [2.05, 4.69) is 6.58 Å². The molecule has 6 nitrogen and oxygen atoms in total. The molecule has 0 spiro atoms. The minimum atomic E-state index is -4.79. The Labute approximate surface area is 211 Å². The standard InChI is InChI=1S/C26H20F6O6/c1-3-22(33)37-20-9-8-19(23(20)26(30,31)32)36-15-5-4-13-10-17(24(34)38-21(13)12-15)16-7-6-14(35-2)11-18(16)25(27,28)29/h3-7,10-12,19-20,23H,1,8-9H2,2H3. The van der Waals surface area contributed by atoms with Gasteiger partial charge in [-0.25, -0.2) is 9.59 Å². The van der Waals surface area contributed by atoms with Gasteiger partial charge in [-0.2, -0.15) is 26.3 Å². The molecule has 1 heterocycles. The normalized spacial score (nSPS) is 19.8. The number of methoxy groups -OCH3 is 1. The maximum absolute atomic E-state index is 13.7. The molecule has 202 valence electrons. The summed E-state index contributed by atoms with van der Waals surface area (Å²) in [5.41, 5.74) is -3.07. The minimum absolute atomic E-state index is 0.0568. The number of hydrogen-bond acceptors (Lipinski definition) is 6. The molecular weight excluding hydrogens is 522 g/mol. The summed E-state index contributed by atoms with van der Waals surface area (Å²) >= 11 is 0. The van der Waals surface area contributed by atoms with Crippen LogP contribution < -0.4 is 15.1 Å². The van der Waals surface area contributed by atoms with Crippen LogP contribution in [0, 0.1) is 5.92 Å². The van der Waals surface area contributed by atoms with Crippen LogP contribution in [0.5, 0.6) is 11.5 Å². The zero-order valence-electron chi connectivity index (χ0n) is 19.7. The molecule has 2 aromatic carbocycles. The third kappa shape index (κ3) is 5.48. The van der Waals surface area contributed by atoms with Gasteiger partial charge >= 0.3 is 23.9 Å². The van der Waals surface area contributed by atoms with Crippen molar-refractivity contribution in [3.8, 4) is 22.6 Å². The van der Waals surface area contributed by atoms with Gasteiger partial charge in [0.05, 0.1) is 18.2 Å². The van der Waals surface area contributed by atoms with Crippen LogP contribution in [-0.4, -0.2) is 31.5 Å². The Hall–Kier alpha value is -3.96. The summed E-state index contributed by atoms with van der Waals surface area (Å²) in [6.07, 6.45) is -11.8. The number of carbonyl (C=O) groups is 1. The smallest absolute Gasteiger partial charge is 0.417 e. The molecule has 0 amide bonds. The van der Waals surface area contributed by atoms with Gasteiger partial charge in [0.25, 0.3) is 0 Å². The van der Waals surface area contributed by atoms with E-state index in [0.29, 0.717) is 0 Å². The number of esters is 1. The summed E-state index contributed by atoms with van der Waals surface area (Å²) in [6, 6.07) is 8.14. The highest BCUT2D eigenvalue weighted by Crippen LogP contribution is 2.43. The van der Waals surface area contributed by atoms with Crippen molar-refractivity contribution in [1.29, 1.82) is 0 Å². The molecule has 38 heavy (non-hydrogen) atoms. The predicted molar refractivity (Wildman–Crippen MR) is 123 cm³/mol. The molecule has 3 atom stereocenters. The topological polar surface area (TPSA) is 75.0 Å². The molecule has 0 N–H and O–H groups in total. The van der Waals surface area contributed by atoms with Crippen molar-refractivity contribution in [1.82, 2.24) is 0 Å². The molecule has 4 rings (SSSR count). The number of fused-ring (bicyclic) bond motifs is 1. The van der Waals surface area contributed by atoms with E-state index in [1.54, 1.807) is 0 Å². The summed E-state index contributed by atoms with van der Waals surface area (Å²) in [5.74, 6) is -3.21. The van der Waals surface area contributed by atoms with Crippen LogP contribution in [0.2, 0.25) is 0 Å². The first kappa shape index (κ1) is 27.1. The largest absolute Gasteiger partial charge is 0.497 e. The Kier molecular flexibility index (Phi) is 7.18. The number of carbonyl (C=O) groups excluding carboxylic acids is 1. The van der Waals surface area contributed by atoms with Gasteiger partial charge in [-0.15, -0.1) is 0 Å². The first-order valence-electron chi connectivity index (χ1n) is 11.2. The van der Waals surface area contributed by atoms with Gasteiger partial charge in [0.1, 0.15) is 35.2 Å². The predicted octanol–water partition coefficient (Wildman–Crippen LogP) is 6.30. The van der Waals surface area contributed by atoms with E-state index in [1.807, 2.05) is 0 Å². The van der Waals surface area contributed by atoms with Gasteiger partial charge in [-0.3, -0.25) is 0 Å². The lowest BCUT2D eigenvalue weighted by molar-refractivity contribution is -0.214. The van der Waals surface area contributed by atoms with E-state index < -0.39 is 53.2 Å². The Morgan fingerprint density at radius 1 is 0.974 bits per heavy atom.